The van der Waals surface area contributed by atoms with E-state index in [2.05, 4.69) is 47.2 Å². The predicted octanol–water partition coefficient (Wildman–Crippen LogP) is 4.75. The normalized spacial score (nSPS) is 24.2. The highest BCUT2D eigenvalue weighted by atomic mass is 79.9. The molecule has 0 fully saturated rings. The molecule has 1 aliphatic rings. The van der Waals surface area contributed by atoms with Crippen molar-refractivity contribution in [3.8, 4) is 6.07 Å². The van der Waals surface area contributed by atoms with Gasteiger partial charge in [-0.2, -0.15) is 5.26 Å². The van der Waals surface area contributed by atoms with Crippen LogP contribution in [0.3, 0.4) is 0 Å². The lowest BCUT2D eigenvalue weighted by molar-refractivity contribution is 0.388. The van der Waals surface area contributed by atoms with Gasteiger partial charge in [0, 0.05) is 10.2 Å². The standard InChI is InChI=1S/C16H19BrN2/c1-11-6-12(2)8-13(7-11)16(10-18)19-15-5-3-4-14(17)9-15/h3-6,9,11,13,16,19H,7-8H2,1-2H3. The Labute approximate surface area is 123 Å². The van der Waals surface area contributed by atoms with Gasteiger partial charge in [-0.15, -0.1) is 0 Å². The lowest BCUT2D eigenvalue weighted by Crippen LogP contribution is -2.30. The van der Waals surface area contributed by atoms with E-state index >= 15 is 0 Å². The Morgan fingerprint density at radius 3 is 2.89 bits per heavy atom. The molecular formula is C16H19BrN2. The quantitative estimate of drug-likeness (QED) is 0.816. The molecule has 0 aromatic heterocycles. The second-order valence-electron chi connectivity index (χ2n) is 5.45. The highest BCUT2D eigenvalue weighted by Gasteiger charge is 2.26. The van der Waals surface area contributed by atoms with Crippen molar-refractivity contribution in [2.24, 2.45) is 11.8 Å². The number of nitrogens with zero attached hydrogens (tertiary/aromatic N) is 1. The maximum Gasteiger partial charge on any atom is 0.117 e. The van der Waals surface area contributed by atoms with E-state index in [1.54, 1.807) is 0 Å². The van der Waals surface area contributed by atoms with Crippen LogP contribution in [0.5, 0.6) is 0 Å². The summed E-state index contributed by atoms with van der Waals surface area (Å²) in [5.74, 6) is 0.961. The summed E-state index contributed by atoms with van der Waals surface area (Å²) in [6.45, 7) is 4.39. The number of hydrogen-bond donors (Lipinski definition) is 1. The maximum atomic E-state index is 9.44. The minimum Gasteiger partial charge on any atom is -0.370 e. The van der Waals surface area contributed by atoms with Gasteiger partial charge in [0.15, 0.2) is 0 Å². The van der Waals surface area contributed by atoms with Crippen LogP contribution in [0.1, 0.15) is 26.7 Å². The van der Waals surface area contributed by atoms with Crippen molar-refractivity contribution in [2.45, 2.75) is 32.7 Å². The zero-order chi connectivity index (χ0) is 13.8. The van der Waals surface area contributed by atoms with E-state index in [0.717, 1.165) is 23.0 Å². The molecule has 3 heteroatoms. The third-order valence-corrected chi connectivity index (χ3v) is 4.08. The molecule has 0 spiro atoms. The molecule has 1 N–H and O–H groups in total. The number of nitrogens with one attached hydrogen (secondary N) is 1. The number of allylic oxidation sites excluding steroid dienone is 2. The largest absolute Gasteiger partial charge is 0.370 e. The Morgan fingerprint density at radius 2 is 2.26 bits per heavy atom. The number of benzene rings is 1. The van der Waals surface area contributed by atoms with Crippen molar-refractivity contribution in [2.75, 3.05) is 5.32 Å². The van der Waals surface area contributed by atoms with Gasteiger partial charge < -0.3 is 5.32 Å². The molecular weight excluding hydrogens is 300 g/mol. The number of rotatable bonds is 3. The molecule has 0 radical (unpaired) electrons. The number of halogens is 1. The number of anilines is 1. The Bertz CT molecular complexity index is 516. The van der Waals surface area contributed by atoms with Crippen LogP contribution in [-0.2, 0) is 0 Å². The van der Waals surface area contributed by atoms with Gasteiger partial charge >= 0.3 is 0 Å². The van der Waals surface area contributed by atoms with Crippen LogP contribution in [0.15, 0.2) is 40.4 Å². The minimum atomic E-state index is -0.125. The molecule has 100 valence electrons. The maximum absolute atomic E-state index is 9.44. The molecule has 0 bridgehead atoms. The van der Waals surface area contributed by atoms with Crippen LogP contribution in [0.4, 0.5) is 5.69 Å². The van der Waals surface area contributed by atoms with E-state index in [1.807, 2.05) is 24.3 Å². The van der Waals surface area contributed by atoms with Crippen molar-refractivity contribution >= 4 is 21.6 Å². The van der Waals surface area contributed by atoms with Gasteiger partial charge in [0.1, 0.15) is 6.04 Å². The third kappa shape index (κ3) is 3.84. The Hall–Kier alpha value is -1.27. The highest BCUT2D eigenvalue weighted by Crippen LogP contribution is 2.31. The molecule has 1 aliphatic carbocycles. The molecule has 19 heavy (non-hydrogen) atoms. The van der Waals surface area contributed by atoms with E-state index in [4.69, 9.17) is 0 Å². The summed E-state index contributed by atoms with van der Waals surface area (Å²) < 4.78 is 1.03. The number of hydrogen-bond acceptors (Lipinski definition) is 2. The lowest BCUT2D eigenvalue weighted by atomic mass is 9.80. The van der Waals surface area contributed by atoms with Crippen molar-refractivity contribution < 1.29 is 0 Å². The third-order valence-electron chi connectivity index (χ3n) is 3.59. The average molecular weight is 319 g/mol. The second-order valence-corrected chi connectivity index (χ2v) is 6.37. The summed E-state index contributed by atoms with van der Waals surface area (Å²) >= 11 is 3.46. The molecule has 1 aromatic rings. The van der Waals surface area contributed by atoms with Crippen LogP contribution in [0.25, 0.3) is 0 Å². The summed E-state index contributed by atoms with van der Waals surface area (Å²) in [5, 5.41) is 12.8. The lowest BCUT2D eigenvalue weighted by Gasteiger charge is -2.29. The van der Waals surface area contributed by atoms with Crippen LogP contribution in [0.2, 0.25) is 0 Å². The fourth-order valence-corrected chi connectivity index (χ4v) is 3.26. The molecule has 2 rings (SSSR count). The fraction of sp³-hybridized carbons (Fsp3) is 0.438. The van der Waals surface area contributed by atoms with Crippen LogP contribution in [0, 0.1) is 23.2 Å². The first-order chi connectivity index (χ1) is 9.08. The first-order valence-electron chi connectivity index (χ1n) is 6.67. The van der Waals surface area contributed by atoms with Crippen LogP contribution in [-0.4, -0.2) is 6.04 Å². The van der Waals surface area contributed by atoms with E-state index in [0.29, 0.717) is 11.8 Å². The summed E-state index contributed by atoms with van der Waals surface area (Å²) in [6, 6.07) is 10.3. The van der Waals surface area contributed by atoms with Crippen molar-refractivity contribution in [1.29, 1.82) is 5.26 Å². The van der Waals surface area contributed by atoms with E-state index < -0.39 is 0 Å². The highest BCUT2D eigenvalue weighted by molar-refractivity contribution is 9.10. The predicted molar refractivity (Wildman–Crippen MR) is 82.8 cm³/mol. The molecule has 0 heterocycles. The van der Waals surface area contributed by atoms with Crippen molar-refractivity contribution in [3.63, 3.8) is 0 Å². The molecule has 3 unspecified atom stereocenters. The first-order valence-corrected chi connectivity index (χ1v) is 7.47. The Balaban J connectivity index is 2.09. The van der Waals surface area contributed by atoms with Gasteiger partial charge in [-0.3, -0.25) is 0 Å². The molecule has 3 atom stereocenters. The van der Waals surface area contributed by atoms with E-state index in [-0.39, 0.29) is 6.04 Å². The van der Waals surface area contributed by atoms with Gasteiger partial charge in [0.2, 0.25) is 0 Å². The second kappa shape index (κ2) is 6.25. The SMILES string of the molecule is CC1=CC(C)CC(C(C#N)Nc2cccc(Br)c2)C1. The van der Waals surface area contributed by atoms with Gasteiger partial charge in [-0.05, 0) is 49.8 Å². The van der Waals surface area contributed by atoms with Gasteiger partial charge in [-0.1, -0.05) is 40.6 Å². The summed E-state index contributed by atoms with van der Waals surface area (Å²) in [6.07, 6.45) is 4.42. The van der Waals surface area contributed by atoms with Crippen LogP contribution < -0.4 is 5.32 Å². The van der Waals surface area contributed by atoms with Crippen molar-refractivity contribution in [3.05, 3.63) is 40.4 Å². The Morgan fingerprint density at radius 1 is 1.47 bits per heavy atom. The zero-order valence-electron chi connectivity index (χ0n) is 11.4. The molecule has 1 aromatic carbocycles. The van der Waals surface area contributed by atoms with Crippen molar-refractivity contribution in [1.82, 2.24) is 0 Å². The number of nitriles is 1. The van der Waals surface area contributed by atoms with Gasteiger partial charge in [0.25, 0.3) is 0 Å². The average Bonchev–Trinajstić information content (AvgIpc) is 2.34. The van der Waals surface area contributed by atoms with E-state index in [1.165, 1.54) is 5.57 Å². The van der Waals surface area contributed by atoms with Gasteiger partial charge in [-0.25, -0.2) is 0 Å². The Kier molecular flexibility index (Phi) is 4.66. The molecule has 2 nitrogen and oxygen atoms in total. The summed E-state index contributed by atoms with van der Waals surface area (Å²) in [7, 11) is 0. The minimum absolute atomic E-state index is 0.125. The monoisotopic (exact) mass is 318 g/mol. The summed E-state index contributed by atoms with van der Waals surface area (Å²) in [4.78, 5) is 0. The van der Waals surface area contributed by atoms with E-state index in [9.17, 15) is 5.26 Å². The fourth-order valence-electron chi connectivity index (χ4n) is 2.86. The topological polar surface area (TPSA) is 35.8 Å². The zero-order valence-corrected chi connectivity index (χ0v) is 12.9. The smallest absolute Gasteiger partial charge is 0.117 e. The first kappa shape index (κ1) is 14.1. The van der Waals surface area contributed by atoms with Gasteiger partial charge in [0.05, 0.1) is 6.07 Å². The molecule has 0 saturated heterocycles. The molecule has 0 aliphatic heterocycles. The molecule has 0 amide bonds. The molecule has 0 saturated carbocycles. The van der Waals surface area contributed by atoms with Crippen LogP contribution >= 0.6 is 15.9 Å². The summed E-state index contributed by atoms with van der Waals surface area (Å²) in [5.41, 5.74) is 2.40.